The molecule has 3 atom stereocenters. The number of aromatic amines is 1. The highest BCUT2D eigenvalue weighted by atomic mass is 16.7. The third-order valence-corrected chi connectivity index (χ3v) is 8.60. The van der Waals surface area contributed by atoms with Crippen LogP contribution in [0.1, 0.15) is 38.2 Å². The lowest BCUT2D eigenvalue weighted by molar-refractivity contribution is -0.0658. The average Bonchev–Trinajstić information content (AvgIpc) is 3.84. The lowest BCUT2D eigenvalue weighted by atomic mass is 10.1. The van der Waals surface area contributed by atoms with Crippen LogP contribution in [0.2, 0.25) is 0 Å². The van der Waals surface area contributed by atoms with Crippen LogP contribution in [0, 0.1) is 0 Å². The number of aromatic nitrogens is 5. The van der Waals surface area contributed by atoms with Crippen LogP contribution in [-0.2, 0) is 9.47 Å². The molecule has 1 unspecified atom stereocenters. The molecule has 0 spiro atoms. The van der Waals surface area contributed by atoms with Crippen LogP contribution in [0.5, 0.6) is 5.75 Å². The van der Waals surface area contributed by atoms with Crippen molar-refractivity contribution in [2.45, 2.75) is 38.7 Å². The fourth-order valence-corrected chi connectivity index (χ4v) is 5.78. The highest BCUT2D eigenvalue weighted by molar-refractivity contribution is 5.78. The van der Waals surface area contributed by atoms with E-state index < -0.39 is 6.29 Å². The van der Waals surface area contributed by atoms with E-state index in [0.29, 0.717) is 13.2 Å². The predicted molar refractivity (Wildman–Crippen MR) is 169 cm³/mol. The zero-order valence-corrected chi connectivity index (χ0v) is 25.0. The first-order valence-corrected chi connectivity index (χ1v) is 15.2. The number of benzene rings is 3. The molecule has 228 valence electrons. The van der Waals surface area contributed by atoms with Gasteiger partial charge in [-0.2, -0.15) is 10.2 Å². The van der Waals surface area contributed by atoms with Gasteiger partial charge in [0.1, 0.15) is 24.8 Å². The van der Waals surface area contributed by atoms with E-state index in [1.54, 1.807) is 21.8 Å². The van der Waals surface area contributed by atoms with Gasteiger partial charge in [-0.1, -0.05) is 13.0 Å². The number of fused-ring (bicyclic) bond motifs is 1. The van der Waals surface area contributed by atoms with E-state index in [0.717, 1.165) is 66.2 Å². The van der Waals surface area contributed by atoms with Crippen molar-refractivity contribution in [3.8, 4) is 11.4 Å². The lowest BCUT2D eigenvalue weighted by Crippen LogP contribution is -2.46. The minimum absolute atomic E-state index is 0.0773. The van der Waals surface area contributed by atoms with Crippen molar-refractivity contribution in [3.63, 3.8) is 0 Å². The van der Waals surface area contributed by atoms with Gasteiger partial charge in [0.2, 0.25) is 0 Å². The molecule has 3 aromatic carbocycles. The Labute approximate surface area is 255 Å². The van der Waals surface area contributed by atoms with Gasteiger partial charge in [-0.3, -0.25) is 5.10 Å². The molecule has 0 bridgehead atoms. The third-order valence-electron chi connectivity index (χ3n) is 8.60. The van der Waals surface area contributed by atoms with Gasteiger partial charge in [0.25, 0.3) is 0 Å². The number of H-pyrrole nitrogens is 1. The fourth-order valence-electron chi connectivity index (χ4n) is 5.78. The normalized spacial score (nSPS) is 19.5. The van der Waals surface area contributed by atoms with Gasteiger partial charge in [-0.05, 0) is 74.0 Å². The monoisotopic (exact) mass is 595 g/mol. The zero-order valence-electron chi connectivity index (χ0n) is 25.0. The van der Waals surface area contributed by atoms with Crippen LogP contribution in [0.4, 0.5) is 11.4 Å². The van der Waals surface area contributed by atoms with Gasteiger partial charge in [-0.25, -0.2) is 14.0 Å². The lowest BCUT2D eigenvalue weighted by Gasteiger charge is -2.37. The molecule has 2 aliphatic heterocycles. The highest BCUT2D eigenvalue weighted by Gasteiger charge is 2.28. The molecule has 2 aromatic heterocycles. The maximum atomic E-state index is 12.8. The van der Waals surface area contributed by atoms with Crippen molar-refractivity contribution < 1.29 is 14.2 Å². The molecular formula is C33H37N7O4. The Morgan fingerprint density at radius 3 is 2.34 bits per heavy atom. The van der Waals surface area contributed by atoms with Gasteiger partial charge in [0.15, 0.2) is 6.29 Å². The molecular weight excluding hydrogens is 558 g/mol. The third kappa shape index (κ3) is 5.68. The Morgan fingerprint density at radius 2 is 1.64 bits per heavy atom. The number of nitrogens with zero attached hydrogens (tertiary/aromatic N) is 6. The molecule has 1 N–H and O–H groups in total. The molecule has 44 heavy (non-hydrogen) atoms. The SMILES string of the molecule is CCC(C)n1ncn(-c2ccc(N3CCN(c4ccc(OC[C@@H]5CO[C@H](c6ccc7[nH]ncc7c6)O5)cc4)CC3)cc2)c1=O. The van der Waals surface area contributed by atoms with E-state index in [-0.39, 0.29) is 17.8 Å². The number of anilines is 2. The molecule has 5 aromatic rings. The second-order valence-electron chi connectivity index (χ2n) is 11.4. The molecule has 0 radical (unpaired) electrons. The van der Waals surface area contributed by atoms with Crippen LogP contribution < -0.4 is 20.2 Å². The zero-order chi connectivity index (χ0) is 30.0. The van der Waals surface area contributed by atoms with Gasteiger partial charge in [-0.15, -0.1) is 0 Å². The van der Waals surface area contributed by atoms with Gasteiger partial charge in [0, 0.05) is 48.5 Å². The van der Waals surface area contributed by atoms with E-state index in [2.05, 4.69) is 56.3 Å². The summed E-state index contributed by atoms with van der Waals surface area (Å²) in [4.78, 5) is 17.5. The van der Waals surface area contributed by atoms with Crippen molar-refractivity contribution in [3.05, 3.63) is 95.3 Å². The fraction of sp³-hybridized carbons (Fsp3) is 0.364. The number of hydrogen-bond acceptors (Lipinski definition) is 8. The van der Waals surface area contributed by atoms with E-state index >= 15 is 0 Å². The minimum atomic E-state index is -0.397. The first kappa shape index (κ1) is 28.2. The summed E-state index contributed by atoms with van der Waals surface area (Å²) in [5.74, 6) is 0.813. The van der Waals surface area contributed by atoms with E-state index in [4.69, 9.17) is 14.2 Å². The standard InChI is InChI=1S/C33H37N7O4/c1-3-23(2)40-33(41)39(22-35-40)28-7-5-26(6-8-28)37-14-16-38(17-15-37)27-9-11-29(12-10-27)42-20-30-21-43-32(44-30)24-4-13-31-25(18-24)19-34-36-31/h4-13,18-19,22-23,30,32H,3,14-17,20-21H2,1-2H3,(H,34,36)/t23?,30-,32+/m1/s1. The number of rotatable bonds is 9. The molecule has 7 rings (SSSR count). The highest BCUT2D eigenvalue weighted by Crippen LogP contribution is 2.30. The molecule has 2 fully saturated rings. The van der Waals surface area contributed by atoms with E-state index in [9.17, 15) is 4.79 Å². The maximum Gasteiger partial charge on any atom is 0.350 e. The topological polar surface area (TPSA) is 103 Å². The van der Waals surface area contributed by atoms with Gasteiger partial charge in [0.05, 0.1) is 30.0 Å². The van der Waals surface area contributed by atoms with Crippen LogP contribution in [0.15, 0.2) is 84.0 Å². The largest absolute Gasteiger partial charge is 0.491 e. The predicted octanol–water partition coefficient (Wildman–Crippen LogP) is 4.70. The number of ether oxygens (including phenoxy) is 3. The second-order valence-corrected chi connectivity index (χ2v) is 11.4. The Hall–Kier alpha value is -4.61. The Morgan fingerprint density at radius 1 is 0.955 bits per heavy atom. The molecule has 11 heteroatoms. The summed E-state index contributed by atoms with van der Waals surface area (Å²) in [5, 5.41) is 12.4. The summed E-state index contributed by atoms with van der Waals surface area (Å²) in [6, 6.07) is 22.5. The number of hydrogen-bond donors (Lipinski definition) is 1. The molecule has 0 amide bonds. The first-order valence-electron chi connectivity index (χ1n) is 15.2. The minimum Gasteiger partial charge on any atom is -0.491 e. The Kier molecular flexibility index (Phi) is 7.80. The van der Waals surface area contributed by atoms with Crippen molar-refractivity contribution in [2.24, 2.45) is 0 Å². The summed E-state index contributed by atoms with van der Waals surface area (Å²) < 4.78 is 21.2. The van der Waals surface area contributed by atoms with Crippen molar-refractivity contribution >= 4 is 22.3 Å². The molecule has 2 saturated heterocycles. The summed E-state index contributed by atoms with van der Waals surface area (Å²) in [6.07, 6.45) is 3.73. The average molecular weight is 596 g/mol. The second kappa shape index (κ2) is 12.2. The van der Waals surface area contributed by atoms with Crippen LogP contribution in [-0.4, -0.2) is 70.0 Å². The number of piperazine rings is 1. The molecule has 11 nitrogen and oxygen atoms in total. The molecule has 4 heterocycles. The van der Waals surface area contributed by atoms with Gasteiger partial charge < -0.3 is 24.0 Å². The van der Waals surface area contributed by atoms with Crippen molar-refractivity contribution in [1.82, 2.24) is 24.5 Å². The van der Waals surface area contributed by atoms with Crippen LogP contribution >= 0.6 is 0 Å². The molecule has 0 saturated carbocycles. The number of nitrogens with one attached hydrogen (secondary N) is 1. The van der Waals surface area contributed by atoms with E-state index in [1.165, 1.54) is 5.69 Å². The molecule has 2 aliphatic rings. The summed E-state index contributed by atoms with van der Waals surface area (Å²) in [7, 11) is 0. The van der Waals surface area contributed by atoms with Gasteiger partial charge >= 0.3 is 5.69 Å². The first-order chi connectivity index (χ1) is 21.6. The van der Waals surface area contributed by atoms with Crippen molar-refractivity contribution in [1.29, 1.82) is 0 Å². The summed E-state index contributed by atoms with van der Waals surface area (Å²) >= 11 is 0. The Balaban J connectivity index is 0.889. The molecule has 0 aliphatic carbocycles. The van der Waals surface area contributed by atoms with Crippen LogP contribution in [0.25, 0.3) is 16.6 Å². The summed E-state index contributed by atoms with van der Waals surface area (Å²) in [5.41, 5.74) is 5.02. The smallest absolute Gasteiger partial charge is 0.350 e. The van der Waals surface area contributed by atoms with Crippen molar-refractivity contribution in [2.75, 3.05) is 49.2 Å². The van der Waals surface area contributed by atoms with E-state index in [1.807, 2.05) is 49.4 Å². The van der Waals surface area contributed by atoms with Crippen LogP contribution in [0.3, 0.4) is 0 Å². The maximum absolute atomic E-state index is 12.8. The Bertz CT molecular complexity index is 1750. The quantitative estimate of drug-likeness (QED) is 0.262. The summed E-state index contributed by atoms with van der Waals surface area (Å²) in [6.45, 7) is 8.64.